The van der Waals surface area contributed by atoms with Crippen molar-refractivity contribution in [1.29, 1.82) is 0 Å². The van der Waals surface area contributed by atoms with E-state index >= 15 is 0 Å². The Balaban J connectivity index is 1.81. The highest BCUT2D eigenvalue weighted by Crippen LogP contribution is 2.36. The number of nitrogens with zero attached hydrogens (tertiary/aromatic N) is 2. The van der Waals surface area contributed by atoms with Crippen molar-refractivity contribution < 1.29 is 9.53 Å². The lowest BCUT2D eigenvalue weighted by molar-refractivity contribution is 0.101. The lowest BCUT2D eigenvalue weighted by atomic mass is 9.89. The van der Waals surface area contributed by atoms with Gasteiger partial charge in [0.25, 0.3) is 5.91 Å². The quantitative estimate of drug-likeness (QED) is 0.791. The Morgan fingerprint density at radius 2 is 2.22 bits per heavy atom. The number of carbonyl (C=O) groups is 1. The van der Waals surface area contributed by atoms with Crippen molar-refractivity contribution in [1.82, 2.24) is 4.98 Å². The summed E-state index contributed by atoms with van der Waals surface area (Å²) < 4.78 is 5.63. The zero-order valence-electron chi connectivity index (χ0n) is 15.6. The fraction of sp³-hybridized carbons (Fsp3) is 0.350. The van der Waals surface area contributed by atoms with Crippen LogP contribution >= 0.6 is 11.8 Å². The third-order valence-corrected chi connectivity index (χ3v) is 5.18. The normalized spacial score (nSPS) is 19.3. The van der Waals surface area contributed by atoms with Crippen molar-refractivity contribution in [3.63, 3.8) is 0 Å². The first-order valence-electron chi connectivity index (χ1n) is 8.99. The molecule has 0 bridgehead atoms. The molecule has 0 saturated carbocycles. The largest absolute Gasteiger partial charge is 0.491 e. The number of nitrogens with two attached hydrogens (primary N) is 1. The fourth-order valence-electron chi connectivity index (χ4n) is 2.91. The first-order valence-corrected chi connectivity index (χ1v) is 9.98. The van der Waals surface area contributed by atoms with Gasteiger partial charge in [0.15, 0.2) is 16.6 Å². The van der Waals surface area contributed by atoms with Crippen molar-refractivity contribution in [3.05, 3.63) is 53.9 Å². The molecule has 0 spiro atoms. The molecule has 0 radical (unpaired) electrons. The number of thioether (sulfide) groups is 1. The van der Waals surface area contributed by atoms with Crippen LogP contribution in [0.25, 0.3) is 0 Å². The van der Waals surface area contributed by atoms with E-state index in [1.54, 1.807) is 30.1 Å². The number of rotatable bonds is 6. The van der Waals surface area contributed by atoms with Crippen molar-refractivity contribution in [2.24, 2.45) is 10.7 Å². The van der Waals surface area contributed by atoms with Crippen LogP contribution in [0.3, 0.4) is 0 Å². The van der Waals surface area contributed by atoms with Gasteiger partial charge in [0, 0.05) is 17.6 Å². The molecular weight excluding hydrogens is 360 g/mol. The maximum absolute atomic E-state index is 12.7. The summed E-state index contributed by atoms with van der Waals surface area (Å²) in [6.07, 6.45) is 3.34. The number of amides is 1. The molecule has 7 heteroatoms. The van der Waals surface area contributed by atoms with Crippen molar-refractivity contribution >= 4 is 28.5 Å². The Morgan fingerprint density at radius 1 is 1.37 bits per heavy atom. The van der Waals surface area contributed by atoms with E-state index in [0.717, 1.165) is 24.2 Å². The van der Waals surface area contributed by atoms with Crippen LogP contribution < -0.4 is 15.8 Å². The number of carbonyl (C=O) groups excluding carboxylic acids is 1. The summed E-state index contributed by atoms with van der Waals surface area (Å²) in [4.78, 5) is 21.5. The summed E-state index contributed by atoms with van der Waals surface area (Å²) in [7, 11) is 0. The number of pyridine rings is 1. The smallest absolute Gasteiger partial charge is 0.278 e. The molecule has 1 aliphatic heterocycles. The number of hydrogen-bond donors (Lipinski definition) is 2. The van der Waals surface area contributed by atoms with Gasteiger partial charge in [-0.2, -0.15) is 0 Å². The molecule has 3 rings (SSSR count). The average Bonchev–Trinajstić information content (AvgIpc) is 2.66. The van der Waals surface area contributed by atoms with Crippen LogP contribution in [-0.2, 0) is 5.54 Å². The number of benzene rings is 1. The number of anilines is 1. The van der Waals surface area contributed by atoms with Crippen LogP contribution in [-0.4, -0.2) is 28.4 Å². The lowest BCUT2D eigenvalue weighted by Crippen LogP contribution is -2.28. The molecule has 1 atom stereocenters. The molecule has 142 valence electrons. The highest BCUT2D eigenvalue weighted by molar-refractivity contribution is 8.13. The van der Waals surface area contributed by atoms with Gasteiger partial charge in [0.1, 0.15) is 0 Å². The minimum Gasteiger partial charge on any atom is -0.491 e. The van der Waals surface area contributed by atoms with E-state index in [2.05, 4.69) is 22.2 Å². The summed E-state index contributed by atoms with van der Waals surface area (Å²) in [6.45, 7) is 4.62. The number of aromatic nitrogens is 1. The predicted molar refractivity (Wildman–Crippen MR) is 110 cm³/mol. The molecule has 2 heterocycles. The predicted octanol–water partition coefficient (Wildman–Crippen LogP) is 3.79. The molecule has 6 nitrogen and oxygen atoms in total. The number of amidine groups is 1. The maximum atomic E-state index is 12.7. The molecule has 1 aromatic heterocycles. The van der Waals surface area contributed by atoms with Gasteiger partial charge < -0.3 is 15.8 Å². The Hall–Kier alpha value is -2.54. The van der Waals surface area contributed by atoms with Gasteiger partial charge in [-0.3, -0.25) is 9.79 Å². The van der Waals surface area contributed by atoms with E-state index in [4.69, 9.17) is 10.5 Å². The van der Waals surface area contributed by atoms with E-state index < -0.39 is 0 Å². The van der Waals surface area contributed by atoms with Crippen molar-refractivity contribution in [2.45, 2.75) is 32.2 Å². The fourth-order valence-corrected chi connectivity index (χ4v) is 3.88. The second-order valence-corrected chi connectivity index (χ2v) is 7.67. The number of nitrogens with one attached hydrogen (secondary N) is 1. The Labute approximate surface area is 163 Å². The zero-order chi connectivity index (χ0) is 19.3. The molecule has 1 aromatic carbocycles. The maximum Gasteiger partial charge on any atom is 0.278 e. The Morgan fingerprint density at radius 3 is 3.00 bits per heavy atom. The van der Waals surface area contributed by atoms with E-state index in [9.17, 15) is 4.79 Å². The van der Waals surface area contributed by atoms with E-state index in [1.165, 1.54) is 0 Å². The minimum atomic E-state index is -0.379. The molecule has 0 aliphatic carbocycles. The third kappa shape index (κ3) is 4.60. The Bertz CT molecular complexity index is 855. The zero-order valence-corrected chi connectivity index (χ0v) is 16.4. The van der Waals surface area contributed by atoms with E-state index in [-0.39, 0.29) is 17.1 Å². The first-order chi connectivity index (χ1) is 13.0. The van der Waals surface area contributed by atoms with Crippen LogP contribution in [0.5, 0.6) is 5.75 Å². The summed E-state index contributed by atoms with van der Waals surface area (Å²) in [5.74, 6) is 1.11. The van der Waals surface area contributed by atoms with Gasteiger partial charge in [-0.15, -0.1) is 0 Å². The number of hydrogen-bond acceptors (Lipinski definition) is 6. The number of ether oxygens (including phenoxy) is 1. The van der Waals surface area contributed by atoms with Gasteiger partial charge in [-0.25, -0.2) is 4.98 Å². The van der Waals surface area contributed by atoms with Gasteiger partial charge in [-0.05, 0) is 49.6 Å². The SMILES string of the molecule is CCCOc1cccnc1C(=O)Nc1cccc(C2(C)CCSC(N)=N2)c1. The van der Waals surface area contributed by atoms with Crippen LogP contribution in [0.15, 0.2) is 47.6 Å². The van der Waals surface area contributed by atoms with E-state index in [0.29, 0.717) is 23.2 Å². The molecular formula is C20H24N4O2S. The average molecular weight is 385 g/mol. The van der Waals surface area contributed by atoms with Gasteiger partial charge in [-0.1, -0.05) is 30.8 Å². The molecule has 0 saturated heterocycles. The molecule has 3 N–H and O–H groups in total. The van der Waals surface area contributed by atoms with Gasteiger partial charge >= 0.3 is 0 Å². The van der Waals surface area contributed by atoms with Crippen LogP contribution in [0.4, 0.5) is 5.69 Å². The second kappa shape index (κ2) is 8.43. The van der Waals surface area contributed by atoms with Gasteiger partial charge in [0.2, 0.25) is 0 Å². The van der Waals surface area contributed by atoms with Crippen LogP contribution in [0, 0.1) is 0 Å². The summed E-state index contributed by atoms with van der Waals surface area (Å²) in [6, 6.07) is 11.2. The third-order valence-electron chi connectivity index (χ3n) is 4.39. The standard InChI is InChI=1S/C20H24N4O2S/c1-3-11-26-16-8-5-10-22-17(16)18(25)23-15-7-4-6-14(13-15)20(2)9-12-27-19(21)24-20/h4-8,10,13H,3,9,11-12H2,1-2H3,(H2,21,24)(H,23,25). The van der Waals surface area contributed by atoms with Crippen molar-refractivity contribution in [3.8, 4) is 5.75 Å². The van der Waals surface area contributed by atoms with Crippen LogP contribution in [0.2, 0.25) is 0 Å². The summed E-state index contributed by atoms with van der Waals surface area (Å²) in [5, 5.41) is 3.52. The minimum absolute atomic E-state index is 0.277. The second-order valence-electron chi connectivity index (χ2n) is 6.56. The van der Waals surface area contributed by atoms with Gasteiger partial charge in [0.05, 0.1) is 12.1 Å². The first kappa shape index (κ1) is 19.2. The molecule has 1 amide bonds. The monoisotopic (exact) mass is 384 g/mol. The Kier molecular flexibility index (Phi) is 6.01. The highest BCUT2D eigenvalue weighted by Gasteiger charge is 2.29. The molecule has 2 aromatic rings. The van der Waals surface area contributed by atoms with E-state index in [1.807, 2.05) is 31.2 Å². The molecule has 1 aliphatic rings. The summed E-state index contributed by atoms with van der Waals surface area (Å²) in [5.41, 5.74) is 7.53. The number of aliphatic imine (C=N–C) groups is 1. The molecule has 1 unspecified atom stereocenters. The lowest BCUT2D eigenvalue weighted by Gasteiger charge is -2.30. The summed E-state index contributed by atoms with van der Waals surface area (Å²) >= 11 is 1.57. The van der Waals surface area contributed by atoms with Crippen LogP contribution in [0.1, 0.15) is 42.7 Å². The van der Waals surface area contributed by atoms with Crippen molar-refractivity contribution in [2.75, 3.05) is 17.7 Å². The topological polar surface area (TPSA) is 89.6 Å². The molecule has 27 heavy (non-hydrogen) atoms. The highest BCUT2D eigenvalue weighted by atomic mass is 32.2. The molecule has 0 fully saturated rings.